The smallest absolute Gasteiger partial charge is 0.113 e. The predicted molar refractivity (Wildman–Crippen MR) is 382 cm³/mol. The van der Waals surface area contributed by atoms with E-state index in [0.717, 1.165) is 40.9 Å². The fourth-order valence-corrected chi connectivity index (χ4v) is 16.2. The molecular formula is C84H101N3S. The lowest BCUT2D eigenvalue weighted by Crippen LogP contribution is -2.25. The first-order chi connectivity index (χ1) is 43.3. The molecule has 0 saturated heterocycles. The molecular weight excluding hydrogens is 1080 g/mol. The predicted octanol–water partition coefficient (Wildman–Crippen LogP) is 26.3. The number of rotatable bonds is 34. The number of nitrogens with zero attached hydrogens (tertiary/aromatic N) is 3. The zero-order valence-electron chi connectivity index (χ0n) is 54.6. The van der Waals surface area contributed by atoms with E-state index in [1.807, 2.05) is 0 Å². The van der Waals surface area contributed by atoms with Crippen molar-refractivity contribution in [2.24, 2.45) is 0 Å². The number of para-hydroxylation sites is 1. The first kappa shape index (κ1) is 63.0. The topological polar surface area (TPSA) is 29.0 Å². The maximum atomic E-state index is 5.23. The average Bonchev–Trinajstić information content (AvgIpc) is 1.60. The molecule has 0 N–H and O–H groups in total. The Morgan fingerprint density at radius 2 is 0.614 bits per heavy atom. The van der Waals surface area contributed by atoms with E-state index in [1.54, 1.807) is 11.1 Å². The Balaban J connectivity index is 0.965. The van der Waals surface area contributed by atoms with Crippen LogP contribution in [-0.4, -0.2) is 8.75 Å². The Kier molecular flexibility index (Phi) is 21.7. The van der Waals surface area contributed by atoms with E-state index in [2.05, 4.69) is 210 Å². The molecule has 0 saturated carbocycles. The van der Waals surface area contributed by atoms with Crippen LogP contribution in [0.25, 0.3) is 66.7 Å². The van der Waals surface area contributed by atoms with Gasteiger partial charge in [-0.25, -0.2) is 0 Å². The van der Waals surface area contributed by atoms with Crippen molar-refractivity contribution in [2.45, 2.75) is 232 Å². The van der Waals surface area contributed by atoms with Crippen LogP contribution in [0.5, 0.6) is 0 Å². The molecule has 0 unspecified atom stereocenters. The molecule has 2 aliphatic carbocycles. The zero-order chi connectivity index (χ0) is 60.7. The van der Waals surface area contributed by atoms with E-state index < -0.39 is 0 Å². The summed E-state index contributed by atoms with van der Waals surface area (Å²) in [4.78, 5) is 2.38. The van der Waals surface area contributed by atoms with Crippen LogP contribution in [0.15, 0.2) is 164 Å². The Hall–Kier alpha value is -6.62. The van der Waals surface area contributed by atoms with Gasteiger partial charge in [0, 0.05) is 39.0 Å². The van der Waals surface area contributed by atoms with Gasteiger partial charge in [0.1, 0.15) is 11.0 Å². The zero-order valence-corrected chi connectivity index (χ0v) is 55.5. The number of fused-ring (bicyclic) bond motifs is 7. The fraction of sp³-hybridized carbons (Fsp3) is 0.429. The summed E-state index contributed by atoms with van der Waals surface area (Å²) < 4.78 is 10.5. The number of hydrogen-bond donors (Lipinski definition) is 0. The van der Waals surface area contributed by atoms with Crippen LogP contribution in [0.1, 0.15) is 241 Å². The van der Waals surface area contributed by atoms with Crippen molar-refractivity contribution in [1.29, 1.82) is 0 Å². The van der Waals surface area contributed by atoms with Crippen molar-refractivity contribution in [1.82, 2.24) is 8.75 Å². The van der Waals surface area contributed by atoms with Crippen LogP contribution in [0.4, 0.5) is 17.1 Å². The van der Waals surface area contributed by atoms with E-state index in [-0.39, 0.29) is 10.8 Å². The quantitative estimate of drug-likeness (QED) is 0.0377. The molecule has 1 aromatic heterocycles. The summed E-state index contributed by atoms with van der Waals surface area (Å²) in [7, 11) is 0. The number of anilines is 3. The van der Waals surface area contributed by atoms with Crippen molar-refractivity contribution in [3.8, 4) is 55.6 Å². The van der Waals surface area contributed by atoms with Gasteiger partial charge in [0.05, 0.1) is 11.7 Å². The standard InChI is InChI=1S/C84H101N3S/c1-7-11-15-19-23-30-54-83(55-31-24-20-16-12-8-2)77-58-63(6)38-48-73(77)75-50-42-66(60-79(75)83)71-52-53-72(82-81(71)85-88-86-82)67-43-51-76-74-49-41-65(64-39-46-70(47-40-64)87(68-34-28-27-29-35-68)69-44-36-62(5)37-45-69)59-78(74)84(80(76)61-67,56-32-25-21-17-13-9-3)57-33-26-22-18-14-10-4/h27-29,34-53,58-61H,7-26,30-33,54-57H2,1-6H3. The molecule has 458 valence electrons. The number of hydrogen-bond acceptors (Lipinski definition) is 4. The van der Waals surface area contributed by atoms with Gasteiger partial charge in [-0.2, -0.15) is 8.75 Å². The molecule has 4 heteroatoms. The van der Waals surface area contributed by atoms with Gasteiger partial charge < -0.3 is 4.90 Å². The van der Waals surface area contributed by atoms with Gasteiger partial charge in [-0.05, 0) is 161 Å². The van der Waals surface area contributed by atoms with Gasteiger partial charge in [0.25, 0.3) is 0 Å². The van der Waals surface area contributed by atoms with Crippen molar-refractivity contribution >= 4 is 39.8 Å². The molecule has 0 bridgehead atoms. The summed E-state index contributed by atoms with van der Waals surface area (Å²) in [5.41, 5.74) is 27.5. The molecule has 88 heavy (non-hydrogen) atoms. The highest BCUT2D eigenvalue weighted by Gasteiger charge is 2.44. The van der Waals surface area contributed by atoms with Crippen LogP contribution < -0.4 is 4.90 Å². The van der Waals surface area contributed by atoms with Crippen molar-refractivity contribution in [3.63, 3.8) is 0 Å². The van der Waals surface area contributed by atoms with Crippen LogP contribution in [0, 0.1) is 13.8 Å². The van der Waals surface area contributed by atoms with Gasteiger partial charge in [-0.15, -0.1) is 0 Å². The summed E-state index contributed by atoms with van der Waals surface area (Å²) in [6.07, 6.45) is 36.1. The highest BCUT2D eigenvalue weighted by Crippen LogP contribution is 2.58. The van der Waals surface area contributed by atoms with E-state index in [4.69, 9.17) is 8.75 Å². The van der Waals surface area contributed by atoms with E-state index in [9.17, 15) is 0 Å². The third-order valence-electron chi connectivity index (χ3n) is 20.5. The normalized spacial score (nSPS) is 13.4. The monoisotopic (exact) mass is 1180 g/mol. The molecule has 9 aromatic rings. The summed E-state index contributed by atoms with van der Waals surface area (Å²) in [6, 6.07) is 63.7. The number of benzene rings is 8. The maximum absolute atomic E-state index is 5.23. The van der Waals surface area contributed by atoms with E-state index >= 15 is 0 Å². The van der Waals surface area contributed by atoms with E-state index in [0.29, 0.717) is 0 Å². The van der Waals surface area contributed by atoms with Crippen LogP contribution in [-0.2, 0) is 10.8 Å². The molecule has 3 nitrogen and oxygen atoms in total. The second-order valence-electron chi connectivity index (χ2n) is 26.7. The minimum Gasteiger partial charge on any atom is -0.311 e. The van der Waals surface area contributed by atoms with Crippen LogP contribution in [0.3, 0.4) is 0 Å². The Labute approximate surface area is 535 Å². The largest absolute Gasteiger partial charge is 0.311 e. The van der Waals surface area contributed by atoms with Crippen LogP contribution >= 0.6 is 11.7 Å². The van der Waals surface area contributed by atoms with Gasteiger partial charge in [0.2, 0.25) is 0 Å². The summed E-state index contributed by atoms with van der Waals surface area (Å²) in [5, 5.41) is 0. The second kappa shape index (κ2) is 30.3. The Morgan fingerprint density at radius 1 is 0.295 bits per heavy atom. The van der Waals surface area contributed by atoms with Crippen molar-refractivity contribution in [2.75, 3.05) is 4.90 Å². The lowest BCUT2D eigenvalue weighted by atomic mass is 9.70. The average molecular weight is 1180 g/mol. The lowest BCUT2D eigenvalue weighted by molar-refractivity contribution is 0.398. The third-order valence-corrected chi connectivity index (χ3v) is 21.0. The molecule has 0 atom stereocenters. The minimum absolute atomic E-state index is 0.0128. The first-order valence-corrected chi connectivity index (χ1v) is 35.9. The minimum atomic E-state index is -0.0981. The number of unbranched alkanes of at least 4 members (excludes halogenated alkanes) is 20. The lowest BCUT2D eigenvalue weighted by Gasteiger charge is -2.33. The van der Waals surface area contributed by atoms with E-state index in [1.165, 1.54) is 257 Å². The maximum Gasteiger partial charge on any atom is 0.113 e. The Morgan fingerprint density at radius 3 is 1.05 bits per heavy atom. The third kappa shape index (κ3) is 13.7. The summed E-state index contributed by atoms with van der Waals surface area (Å²) >= 11 is 1.38. The van der Waals surface area contributed by atoms with Crippen LogP contribution in [0.2, 0.25) is 0 Å². The second-order valence-corrected chi connectivity index (χ2v) is 27.3. The molecule has 0 aliphatic heterocycles. The SMILES string of the molecule is CCCCCCCCC1(CCCCCCCC)c2cc(C)ccc2-c2ccc(-c3ccc(-c4ccc5c(c4)C(CCCCCCCC)(CCCCCCCC)c4cc(-c6ccc(N(c7ccccc7)c7ccc(C)cc7)cc6)ccc4-5)c4nsnc34)cc21. The highest BCUT2D eigenvalue weighted by molar-refractivity contribution is 7.00. The summed E-state index contributed by atoms with van der Waals surface area (Å²) in [5.74, 6) is 0. The molecule has 0 amide bonds. The van der Waals surface area contributed by atoms with Gasteiger partial charge >= 0.3 is 0 Å². The molecule has 0 spiro atoms. The molecule has 11 rings (SSSR count). The van der Waals surface area contributed by atoms with Gasteiger partial charge in [-0.3, -0.25) is 0 Å². The Bertz CT molecular complexity index is 3650. The molecule has 2 aliphatic rings. The molecule has 1 heterocycles. The van der Waals surface area contributed by atoms with Crippen molar-refractivity contribution in [3.05, 3.63) is 197 Å². The summed E-state index contributed by atoms with van der Waals surface area (Å²) in [6.45, 7) is 13.8. The van der Waals surface area contributed by atoms with Gasteiger partial charge in [-0.1, -0.05) is 302 Å². The first-order valence-electron chi connectivity index (χ1n) is 35.1. The molecule has 8 aromatic carbocycles. The molecule has 0 radical (unpaired) electrons. The fourth-order valence-electron chi connectivity index (χ4n) is 15.6. The number of aromatic nitrogens is 2. The highest BCUT2D eigenvalue weighted by atomic mass is 32.1. The number of aryl methyl sites for hydroxylation is 2. The van der Waals surface area contributed by atoms with Gasteiger partial charge in [0.15, 0.2) is 0 Å². The van der Waals surface area contributed by atoms with Crippen molar-refractivity contribution < 1.29 is 0 Å². The molecule has 0 fully saturated rings.